The lowest BCUT2D eigenvalue weighted by molar-refractivity contribution is -0.142. The Morgan fingerprint density at radius 3 is 2.46 bits per heavy atom. The number of aromatic nitrogens is 5. The van der Waals surface area contributed by atoms with E-state index in [1.165, 1.54) is 13.3 Å². The Kier molecular flexibility index (Phi) is 5.54. The molecule has 0 unspecified atom stereocenters. The number of nitrogens with zero attached hydrogens (tertiary/aromatic N) is 5. The Bertz CT molecular complexity index is 993. The number of alkyl halides is 3. The van der Waals surface area contributed by atoms with Crippen molar-refractivity contribution in [2.45, 2.75) is 33.1 Å². The van der Waals surface area contributed by atoms with E-state index in [4.69, 9.17) is 0 Å². The van der Waals surface area contributed by atoms with Crippen molar-refractivity contribution in [1.29, 1.82) is 0 Å². The molecule has 0 saturated carbocycles. The van der Waals surface area contributed by atoms with Crippen LogP contribution in [0.25, 0.3) is 0 Å². The average molecular weight is 457 g/mol. The van der Waals surface area contributed by atoms with Crippen molar-refractivity contribution in [3.8, 4) is 0 Å². The highest BCUT2D eigenvalue weighted by Crippen LogP contribution is 2.35. The van der Waals surface area contributed by atoms with E-state index < -0.39 is 24.3 Å². The van der Waals surface area contributed by atoms with Gasteiger partial charge in [-0.1, -0.05) is 29.8 Å². The van der Waals surface area contributed by atoms with Crippen LogP contribution in [-0.4, -0.2) is 30.5 Å². The molecule has 1 aromatic carbocycles. The Labute approximate surface area is 166 Å². The summed E-state index contributed by atoms with van der Waals surface area (Å²) in [7, 11) is 0. The Morgan fingerprint density at radius 2 is 1.86 bits per heavy atom. The van der Waals surface area contributed by atoms with E-state index >= 15 is 0 Å². The first-order valence-electron chi connectivity index (χ1n) is 8.18. The molecule has 2 aromatic heterocycles. The predicted molar refractivity (Wildman–Crippen MR) is 98.6 cm³/mol. The average Bonchev–Trinajstić information content (AvgIpc) is 3.16. The molecule has 3 aromatic rings. The lowest BCUT2D eigenvalue weighted by Crippen LogP contribution is -2.21. The van der Waals surface area contributed by atoms with Gasteiger partial charge in [-0.3, -0.25) is 14.8 Å². The third-order valence-electron chi connectivity index (χ3n) is 3.95. The smallest absolute Gasteiger partial charge is 0.292 e. The van der Waals surface area contributed by atoms with Gasteiger partial charge in [0.25, 0.3) is 0 Å². The number of carbonyl (C=O) groups excluding carboxylic acids is 1. The van der Waals surface area contributed by atoms with Gasteiger partial charge in [0.05, 0.1) is 16.7 Å². The summed E-state index contributed by atoms with van der Waals surface area (Å²) in [5.41, 5.74) is 1.29. The third-order valence-corrected chi connectivity index (χ3v) is 4.90. The van der Waals surface area contributed by atoms with Crippen molar-refractivity contribution >= 4 is 27.8 Å². The van der Waals surface area contributed by atoms with Gasteiger partial charge in [-0.15, -0.1) is 5.10 Å². The lowest BCUT2D eigenvalue weighted by atomic mass is 10.1. The number of nitrogens with one attached hydrogen (secondary N) is 1. The molecule has 7 nitrogen and oxygen atoms in total. The zero-order chi connectivity index (χ0) is 20.5. The molecule has 0 aliphatic carbocycles. The zero-order valence-corrected chi connectivity index (χ0v) is 16.5. The van der Waals surface area contributed by atoms with Crippen molar-refractivity contribution < 1.29 is 18.0 Å². The molecule has 2 heterocycles. The number of amides is 1. The lowest BCUT2D eigenvalue weighted by Gasteiger charge is -2.04. The molecule has 0 saturated heterocycles. The summed E-state index contributed by atoms with van der Waals surface area (Å²) in [5.74, 6) is -0.517. The van der Waals surface area contributed by atoms with E-state index in [2.05, 4.69) is 36.4 Å². The first-order valence-corrected chi connectivity index (χ1v) is 8.97. The Hall–Kier alpha value is -2.69. The molecule has 1 N–H and O–H groups in total. The van der Waals surface area contributed by atoms with Crippen LogP contribution in [-0.2, 0) is 24.1 Å². The highest BCUT2D eigenvalue weighted by Gasteiger charge is 2.38. The maximum Gasteiger partial charge on any atom is 0.436 e. The molecule has 0 aliphatic rings. The van der Waals surface area contributed by atoms with Gasteiger partial charge in [-0.05, 0) is 35.3 Å². The van der Waals surface area contributed by atoms with Gasteiger partial charge in [0, 0.05) is 0 Å². The number of aryl methyl sites for hydroxylation is 1. The molecule has 0 aliphatic heterocycles. The number of rotatable bonds is 5. The van der Waals surface area contributed by atoms with Crippen LogP contribution in [0.2, 0.25) is 0 Å². The second-order valence-electron chi connectivity index (χ2n) is 6.20. The van der Waals surface area contributed by atoms with Gasteiger partial charge in [0.1, 0.15) is 12.9 Å². The van der Waals surface area contributed by atoms with Gasteiger partial charge >= 0.3 is 6.18 Å². The maximum absolute atomic E-state index is 12.9. The molecule has 0 spiro atoms. The molecule has 148 valence electrons. The fourth-order valence-electron chi connectivity index (χ4n) is 2.47. The summed E-state index contributed by atoms with van der Waals surface area (Å²) in [5, 5.41) is 10.1. The van der Waals surface area contributed by atoms with Crippen LogP contribution < -0.4 is 5.32 Å². The summed E-state index contributed by atoms with van der Waals surface area (Å²) < 4.78 is 41.0. The molecule has 0 atom stereocenters. The van der Waals surface area contributed by atoms with Crippen LogP contribution in [0.15, 0.2) is 35.1 Å². The fourth-order valence-corrected chi connectivity index (χ4v) is 2.98. The summed E-state index contributed by atoms with van der Waals surface area (Å²) >= 11 is 2.87. The zero-order valence-electron chi connectivity index (χ0n) is 15.0. The number of carbonyl (C=O) groups is 1. The van der Waals surface area contributed by atoms with Crippen LogP contribution in [0.3, 0.4) is 0 Å². The molecule has 1 amide bonds. The monoisotopic (exact) mass is 456 g/mol. The molecule has 28 heavy (non-hydrogen) atoms. The van der Waals surface area contributed by atoms with Crippen molar-refractivity contribution in [1.82, 2.24) is 24.5 Å². The molecule has 11 heteroatoms. The normalized spacial score (nSPS) is 11.6. The van der Waals surface area contributed by atoms with Crippen molar-refractivity contribution in [2.75, 3.05) is 5.32 Å². The molecule has 0 fully saturated rings. The fraction of sp³-hybridized carbons (Fsp3) is 0.294. The second-order valence-corrected chi connectivity index (χ2v) is 7.00. The van der Waals surface area contributed by atoms with E-state index in [0.29, 0.717) is 6.54 Å². The highest BCUT2D eigenvalue weighted by atomic mass is 79.9. The highest BCUT2D eigenvalue weighted by molar-refractivity contribution is 9.10. The van der Waals surface area contributed by atoms with Gasteiger partial charge in [0.15, 0.2) is 5.69 Å². The van der Waals surface area contributed by atoms with Gasteiger partial charge in [-0.25, -0.2) is 9.67 Å². The molecular weight excluding hydrogens is 441 g/mol. The van der Waals surface area contributed by atoms with E-state index in [0.717, 1.165) is 15.8 Å². The number of benzene rings is 1. The molecular formula is C17H16BrF3N6O. The first kappa shape index (κ1) is 20.1. The molecule has 3 rings (SSSR count). The maximum atomic E-state index is 12.9. The van der Waals surface area contributed by atoms with Crippen molar-refractivity contribution in [2.24, 2.45) is 0 Å². The summed E-state index contributed by atoms with van der Waals surface area (Å²) in [6, 6.07) is 7.89. The molecule has 0 radical (unpaired) electrons. The van der Waals surface area contributed by atoms with Crippen LogP contribution in [0.1, 0.15) is 22.5 Å². The summed E-state index contributed by atoms with van der Waals surface area (Å²) in [4.78, 5) is 16.1. The first-order chi connectivity index (χ1) is 13.1. The number of hydrogen-bond donors (Lipinski definition) is 1. The minimum absolute atomic E-state index is 0.0667. The van der Waals surface area contributed by atoms with Gasteiger partial charge in [0.2, 0.25) is 11.9 Å². The van der Waals surface area contributed by atoms with E-state index in [9.17, 15) is 18.0 Å². The van der Waals surface area contributed by atoms with Crippen molar-refractivity contribution in [3.63, 3.8) is 0 Å². The van der Waals surface area contributed by atoms with E-state index in [-0.39, 0.29) is 16.1 Å². The number of anilines is 1. The largest absolute Gasteiger partial charge is 0.436 e. The van der Waals surface area contributed by atoms with Crippen LogP contribution >= 0.6 is 15.9 Å². The molecule has 0 bridgehead atoms. The minimum Gasteiger partial charge on any atom is -0.292 e. The van der Waals surface area contributed by atoms with Crippen molar-refractivity contribution in [3.05, 3.63) is 57.6 Å². The van der Waals surface area contributed by atoms with Crippen LogP contribution in [0.4, 0.5) is 19.1 Å². The van der Waals surface area contributed by atoms with Crippen LogP contribution in [0, 0.1) is 13.8 Å². The topological polar surface area (TPSA) is 77.6 Å². The number of halogens is 4. The standard InChI is InChI=1S/C17H16BrF3N6O/c1-10-3-5-12(6-4-10)7-26-9-22-16(25-26)23-13(28)8-27-11(2)14(18)15(24-27)17(19,20)21/h3-6,9H,7-8H2,1-2H3,(H,23,25,28). The number of hydrogen-bond acceptors (Lipinski definition) is 4. The van der Waals surface area contributed by atoms with E-state index in [1.807, 2.05) is 31.2 Å². The Balaban J connectivity index is 1.64. The summed E-state index contributed by atoms with van der Waals surface area (Å²) in [6.45, 7) is 3.51. The Morgan fingerprint density at radius 1 is 1.18 bits per heavy atom. The quantitative estimate of drug-likeness (QED) is 0.636. The third kappa shape index (κ3) is 4.58. The minimum atomic E-state index is -4.61. The van der Waals surface area contributed by atoms with Gasteiger partial charge in [-0.2, -0.15) is 18.3 Å². The SMILES string of the molecule is Cc1ccc(Cn2cnc(NC(=O)Cn3nc(C(F)(F)F)c(Br)c3C)n2)cc1. The second kappa shape index (κ2) is 7.74. The van der Waals surface area contributed by atoms with Crippen LogP contribution in [0.5, 0.6) is 0 Å². The van der Waals surface area contributed by atoms with Gasteiger partial charge < -0.3 is 0 Å². The van der Waals surface area contributed by atoms with E-state index in [1.54, 1.807) is 4.68 Å². The summed E-state index contributed by atoms with van der Waals surface area (Å²) in [6.07, 6.45) is -3.14. The predicted octanol–water partition coefficient (Wildman–Crippen LogP) is 3.56.